The molecule has 1 unspecified atom stereocenters. The second-order valence-electron chi connectivity index (χ2n) is 12.4. The van der Waals surface area contributed by atoms with Crippen molar-refractivity contribution in [3.8, 4) is 45.6 Å². The molecule has 0 radical (unpaired) electrons. The highest BCUT2D eigenvalue weighted by Crippen LogP contribution is 2.37. The zero-order valence-corrected chi connectivity index (χ0v) is 29.6. The first-order valence-corrected chi connectivity index (χ1v) is 16.8. The van der Waals surface area contributed by atoms with Gasteiger partial charge in [0.05, 0.1) is 62.1 Å². The van der Waals surface area contributed by atoms with E-state index in [0.29, 0.717) is 73.9 Å². The van der Waals surface area contributed by atoms with E-state index >= 15 is 0 Å². The van der Waals surface area contributed by atoms with Gasteiger partial charge in [-0.2, -0.15) is 0 Å². The SMILES string of the molecule is COc1cc(OC)cc(C2=CC(C=c3c(=O)c(=Cc4cc(-c5ccc(F)cc5)[o+]c(-c5cc(OC)cc(OC)c5)c4)c3=O)C=C(c3ccc(F)cc3)O2)c1. The molecule has 0 amide bonds. The molecule has 54 heavy (non-hydrogen) atoms. The first-order chi connectivity index (χ1) is 26.1. The zero-order valence-electron chi connectivity index (χ0n) is 29.6. The van der Waals surface area contributed by atoms with Crippen molar-refractivity contribution in [1.29, 1.82) is 0 Å². The molecule has 1 atom stereocenters. The van der Waals surface area contributed by atoms with Crippen LogP contribution in [-0.4, -0.2) is 28.4 Å². The molecule has 0 spiro atoms. The summed E-state index contributed by atoms with van der Waals surface area (Å²) in [6.07, 6.45) is 6.63. The lowest BCUT2D eigenvalue weighted by Gasteiger charge is -2.22. The Kier molecular flexibility index (Phi) is 9.91. The Balaban J connectivity index is 1.33. The smallest absolute Gasteiger partial charge is 0.361 e. The highest BCUT2D eigenvalue weighted by molar-refractivity contribution is 5.76. The third-order valence-electron chi connectivity index (χ3n) is 8.90. The molecule has 5 aromatic carbocycles. The standard InChI is InChI=1S/C44H33F2O8/c1-49-33-19-29(20-34(23-33)50-2)41-17-25(15-39(53-41)27-5-9-31(45)10-6-27)13-37-43(47)38(44(37)48)14-26-16-40(28-7-11-32(46)12-8-28)54-42(18-26)30-21-35(51-3)24-36(22-30)52-4/h5-25H,1-4H3/q+1. The Morgan fingerprint density at radius 1 is 0.556 bits per heavy atom. The fourth-order valence-corrected chi connectivity index (χ4v) is 6.08. The van der Waals surface area contributed by atoms with E-state index in [1.807, 2.05) is 0 Å². The van der Waals surface area contributed by atoms with Crippen molar-refractivity contribution in [2.75, 3.05) is 28.4 Å². The van der Waals surface area contributed by atoms with Crippen LogP contribution in [0.15, 0.2) is 123 Å². The Morgan fingerprint density at radius 3 is 1.50 bits per heavy atom. The molecule has 7 rings (SSSR count). The van der Waals surface area contributed by atoms with Crippen LogP contribution in [0.1, 0.15) is 16.7 Å². The van der Waals surface area contributed by atoms with E-state index in [9.17, 15) is 18.4 Å². The second-order valence-corrected chi connectivity index (χ2v) is 12.4. The van der Waals surface area contributed by atoms with Gasteiger partial charge in [-0.3, -0.25) is 9.59 Å². The van der Waals surface area contributed by atoms with Gasteiger partial charge in [0, 0.05) is 29.2 Å². The van der Waals surface area contributed by atoms with Crippen LogP contribution in [0.4, 0.5) is 8.78 Å². The largest absolute Gasteiger partial charge is 0.497 e. The van der Waals surface area contributed by atoms with Crippen LogP contribution in [-0.2, 0) is 4.74 Å². The molecular formula is C44H33F2O8+. The van der Waals surface area contributed by atoms with Gasteiger partial charge >= 0.3 is 11.5 Å². The summed E-state index contributed by atoms with van der Waals surface area (Å²) in [5.41, 5.74) is 2.06. The lowest BCUT2D eigenvalue weighted by atomic mass is 9.97. The summed E-state index contributed by atoms with van der Waals surface area (Å²) < 4.78 is 62.0. The molecule has 0 saturated heterocycles. The van der Waals surface area contributed by atoms with Crippen molar-refractivity contribution in [2.24, 2.45) is 5.92 Å². The molecule has 270 valence electrons. The van der Waals surface area contributed by atoms with Gasteiger partial charge in [0.25, 0.3) is 0 Å². The average Bonchev–Trinajstić information content (AvgIpc) is 3.21. The number of methoxy groups -OCH3 is 4. The van der Waals surface area contributed by atoms with E-state index in [1.165, 1.54) is 58.8 Å². The third kappa shape index (κ3) is 7.40. The van der Waals surface area contributed by atoms with E-state index in [4.69, 9.17) is 28.1 Å². The fourth-order valence-electron chi connectivity index (χ4n) is 6.08. The van der Waals surface area contributed by atoms with Crippen LogP contribution in [0.5, 0.6) is 23.0 Å². The van der Waals surface area contributed by atoms with Gasteiger partial charge in [0.1, 0.15) is 46.2 Å². The van der Waals surface area contributed by atoms with Gasteiger partial charge in [-0.25, -0.2) is 13.2 Å². The maximum atomic E-state index is 13.8. The lowest BCUT2D eigenvalue weighted by Crippen LogP contribution is -2.64. The molecule has 0 N–H and O–H groups in total. The number of rotatable bonds is 10. The van der Waals surface area contributed by atoms with Crippen molar-refractivity contribution in [2.45, 2.75) is 0 Å². The van der Waals surface area contributed by atoms with Crippen molar-refractivity contribution in [3.05, 3.63) is 168 Å². The van der Waals surface area contributed by atoms with Gasteiger partial charge in [-0.15, -0.1) is 0 Å². The normalized spacial score (nSPS) is 13.7. The van der Waals surface area contributed by atoms with E-state index in [-0.39, 0.29) is 10.4 Å². The summed E-state index contributed by atoms with van der Waals surface area (Å²) >= 11 is 0. The highest BCUT2D eigenvalue weighted by Gasteiger charge is 2.23. The highest BCUT2D eigenvalue weighted by atomic mass is 19.1. The number of allylic oxidation sites excluding steroid dienone is 2. The van der Waals surface area contributed by atoms with E-state index in [1.54, 1.807) is 91.0 Å². The summed E-state index contributed by atoms with van der Waals surface area (Å²) in [5.74, 6) is 2.36. The predicted octanol–water partition coefficient (Wildman–Crippen LogP) is 7.14. The number of ether oxygens (including phenoxy) is 5. The van der Waals surface area contributed by atoms with Gasteiger partial charge in [-0.1, -0.05) is 6.08 Å². The first-order valence-electron chi connectivity index (χ1n) is 16.8. The molecule has 0 saturated carbocycles. The Bertz CT molecular complexity index is 2560. The molecule has 8 nitrogen and oxygen atoms in total. The van der Waals surface area contributed by atoms with Crippen LogP contribution in [0.3, 0.4) is 0 Å². The molecule has 0 aliphatic carbocycles. The van der Waals surface area contributed by atoms with Crippen molar-refractivity contribution >= 4 is 23.7 Å². The van der Waals surface area contributed by atoms with Crippen LogP contribution < -0.4 is 40.2 Å². The van der Waals surface area contributed by atoms with Gasteiger partial charge < -0.3 is 23.7 Å². The topological polar surface area (TPSA) is 91.6 Å². The Labute approximate surface area is 308 Å². The van der Waals surface area contributed by atoms with Gasteiger partial charge in [-0.05, 0) is 96.6 Å². The minimum atomic E-state index is -0.550. The summed E-state index contributed by atoms with van der Waals surface area (Å²) in [4.78, 5) is 27.3. The minimum absolute atomic E-state index is 0.0109. The number of hydrogen-bond acceptors (Lipinski definition) is 7. The van der Waals surface area contributed by atoms with Crippen LogP contribution in [0, 0.1) is 17.6 Å². The Hall–Kier alpha value is -6.81. The van der Waals surface area contributed by atoms with Crippen LogP contribution in [0.25, 0.3) is 46.3 Å². The molecule has 6 aromatic rings. The lowest BCUT2D eigenvalue weighted by molar-refractivity contribution is 0.392. The molecule has 0 fully saturated rings. The average molecular weight is 728 g/mol. The minimum Gasteiger partial charge on any atom is -0.497 e. The van der Waals surface area contributed by atoms with Crippen LogP contribution >= 0.6 is 0 Å². The van der Waals surface area contributed by atoms with Gasteiger partial charge in [0.15, 0.2) is 0 Å². The zero-order chi connectivity index (χ0) is 37.9. The fraction of sp³-hybridized carbons (Fsp3) is 0.114. The van der Waals surface area contributed by atoms with Crippen molar-refractivity contribution in [3.63, 3.8) is 0 Å². The summed E-state index contributed by atoms with van der Waals surface area (Å²) in [6, 6.07) is 25.5. The maximum Gasteiger partial charge on any atom is 0.361 e. The van der Waals surface area contributed by atoms with Crippen LogP contribution in [0.2, 0.25) is 0 Å². The Morgan fingerprint density at radius 2 is 1.00 bits per heavy atom. The number of halogens is 2. The molecule has 0 bridgehead atoms. The summed E-state index contributed by atoms with van der Waals surface area (Å²) in [7, 11) is 6.14. The number of hydrogen-bond donors (Lipinski definition) is 0. The van der Waals surface area contributed by atoms with Crippen molar-refractivity contribution in [1.82, 2.24) is 0 Å². The molecular weight excluding hydrogens is 694 g/mol. The second kappa shape index (κ2) is 15.0. The molecule has 10 heteroatoms. The quantitative estimate of drug-likeness (QED) is 0.138. The van der Waals surface area contributed by atoms with Gasteiger partial charge in [0.2, 0.25) is 10.9 Å². The summed E-state index contributed by atoms with van der Waals surface area (Å²) in [5, 5.41) is 0.00187. The van der Waals surface area contributed by atoms with E-state index < -0.39 is 28.4 Å². The first kappa shape index (κ1) is 35.6. The molecule has 1 aliphatic rings. The predicted molar refractivity (Wildman–Crippen MR) is 202 cm³/mol. The number of benzene rings is 4. The monoisotopic (exact) mass is 727 g/mol. The van der Waals surface area contributed by atoms with E-state index in [2.05, 4.69) is 0 Å². The van der Waals surface area contributed by atoms with E-state index in [0.717, 1.165) is 0 Å². The molecule has 2 heterocycles. The van der Waals surface area contributed by atoms with Crippen molar-refractivity contribution < 1.29 is 36.9 Å². The summed E-state index contributed by atoms with van der Waals surface area (Å²) in [6.45, 7) is 0. The molecule has 1 aliphatic heterocycles. The molecule has 1 aromatic heterocycles. The maximum absolute atomic E-state index is 13.8. The third-order valence-corrected chi connectivity index (χ3v) is 8.90.